The van der Waals surface area contributed by atoms with E-state index in [1.54, 1.807) is 0 Å². The lowest BCUT2D eigenvalue weighted by molar-refractivity contribution is -0.283. The van der Waals surface area contributed by atoms with Crippen LogP contribution in [0.2, 0.25) is 0 Å². The van der Waals surface area contributed by atoms with Crippen molar-refractivity contribution in [3.63, 3.8) is 0 Å². The molecule has 0 atom stereocenters. The van der Waals surface area contributed by atoms with E-state index in [-0.39, 0.29) is 0 Å². The highest BCUT2D eigenvalue weighted by molar-refractivity contribution is 4.84. The van der Waals surface area contributed by atoms with Gasteiger partial charge >= 0.3 is 0 Å². The summed E-state index contributed by atoms with van der Waals surface area (Å²) in [5, 5.41) is 7.70. The summed E-state index contributed by atoms with van der Waals surface area (Å²) in [5.41, 5.74) is 2.81. The predicted octanol–water partition coefficient (Wildman–Crippen LogP) is 0.904. The normalized spacial score (nSPS) is 8.29. The Hall–Kier alpha value is -0.540. The van der Waals surface area contributed by atoms with E-state index >= 15 is 0 Å². The lowest BCUT2D eigenvalue weighted by Gasteiger charge is -1.97. The van der Waals surface area contributed by atoms with Gasteiger partial charge in [-0.2, -0.15) is 0 Å². The van der Waals surface area contributed by atoms with Gasteiger partial charge in [-0.15, -0.1) is 4.99 Å². The first-order valence-electron chi connectivity index (χ1n) is 2.05. The zero-order valence-corrected chi connectivity index (χ0v) is 4.27. The zero-order chi connectivity index (χ0) is 5.70. The molecule has 0 bridgehead atoms. The first kappa shape index (κ1) is 6.46. The molecular weight excluding hydrogens is 94.0 g/mol. The highest BCUT2D eigenvalue weighted by Gasteiger charge is 1.81. The van der Waals surface area contributed by atoms with Crippen LogP contribution in [-0.4, -0.2) is 5.26 Å². The first-order chi connectivity index (χ1) is 3.31. The summed E-state index contributed by atoms with van der Waals surface area (Å²) in [4.78, 5) is 3.54. The Kier molecular flexibility index (Phi) is 3.36. The maximum Gasteiger partial charge on any atom is 0.0334 e. The molecule has 0 aromatic rings. The van der Waals surface area contributed by atoms with Gasteiger partial charge in [0.2, 0.25) is 0 Å². The van der Waals surface area contributed by atoms with E-state index in [0.29, 0.717) is 5.70 Å². The highest BCUT2D eigenvalue weighted by atomic mass is 17.2. The molecule has 0 aromatic carbocycles. The lowest BCUT2D eigenvalue weighted by atomic mass is 10.4. The minimum absolute atomic E-state index is 0.655. The minimum Gasteiger partial charge on any atom is -0.240 e. The van der Waals surface area contributed by atoms with Crippen LogP contribution >= 0.6 is 0 Å². The Morgan fingerprint density at radius 2 is 2.57 bits per heavy atom. The number of hydroxylamine groups is 1. The second kappa shape index (κ2) is 3.64. The van der Waals surface area contributed by atoms with Crippen LogP contribution in [0.25, 0.3) is 0 Å². The summed E-state index contributed by atoms with van der Waals surface area (Å²) in [5.74, 6) is 0. The third-order valence-electron chi connectivity index (χ3n) is 0.617. The maximum atomic E-state index is 7.70. The Balaban J connectivity index is 3.00. The fourth-order valence-corrected chi connectivity index (χ4v) is 0.137. The van der Waals surface area contributed by atoms with Crippen molar-refractivity contribution in [3.05, 3.63) is 12.3 Å². The second-order valence-corrected chi connectivity index (χ2v) is 1.15. The van der Waals surface area contributed by atoms with Gasteiger partial charge in [0.1, 0.15) is 0 Å². The van der Waals surface area contributed by atoms with Crippen LogP contribution in [0.3, 0.4) is 0 Å². The van der Waals surface area contributed by atoms with Gasteiger partial charge < -0.3 is 0 Å². The van der Waals surface area contributed by atoms with Crippen LogP contribution in [0, 0.1) is 0 Å². The first-order valence-corrected chi connectivity index (χ1v) is 2.05. The van der Waals surface area contributed by atoms with Crippen molar-refractivity contribution < 1.29 is 10.2 Å². The van der Waals surface area contributed by atoms with E-state index in [4.69, 9.17) is 5.26 Å². The Bertz CT molecular complexity index is 62.7. The molecule has 7 heavy (non-hydrogen) atoms. The molecule has 0 amide bonds. The van der Waals surface area contributed by atoms with Gasteiger partial charge in [0, 0.05) is 5.70 Å². The van der Waals surface area contributed by atoms with Gasteiger partial charge in [-0.25, -0.2) is 10.7 Å². The van der Waals surface area contributed by atoms with Crippen LogP contribution < -0.4 is 5.48 Å². The van der Waals surface area contributed by atoms with E-state index < -0.39 is 0 Å². The summed E-state index contributed by atoms with van der Waals surface area (Å²) < 4.78 is 0. The predicted molar refractivity (Wildman–Crippen MR) is 26.3 cm³/mol. The molecule has 3 nitrogen and oxygen atoms in total. The fraction of sp³-hybridized carbons (Fsp3) is 0.500. The van der Waals surface area contributed by atoms with E-state index in [2.05, 4.69) is 17.0 Å². The van der Waals surface area contributed by atoms with Crippen LogP contribution in [0.5, 0.6) is 0 Å². The highest BCUT2D eigenvalue weighted by Crippen LogP contribution is 1.86. The molecule has 0 aromatic heterocycles. The lowest BCUT2D eigenvalue weighted by Crippen LogP contribution is -2.08. The molecule has 0 aliphatic rings. The van der Waals surface area contributed by atoms with Crippen LogP contribution in [-0.2, 0) is 4.99 Å². The van der Waals surface area contributed by atoms with E-state index in [9.17, 15) is 0 Å². The number of hydrogen-bond acceptors (Lipinski definition) is 3. The second-order valence-electron chi connectivity index (χ2n) is 1.15. The topological polar surface area (TPSA) is 41.5 Å². The van der Waals surface area contributed by atoms with Gasteiger partial charge in [0.25, 0.3) is 0 Å². The average Bonchev–Trinajstić information content (AvgIpc) is 1.68. The van der Waals surface area contributed by atoms with Crippen LogP contribution in [0.1, 0.15) is 13.3 Å². The summed E-state index contributed by atoms with van der Waals surface area (Å²) >= 11 is 0. The smallest absolute Gasteiger partial charge is 0.0334 e. The molecular formula is C4H9NO2. The summed E-state index contributed by atoms with van der Waals surface area (Å²) in [7, 11) is 0. The number of rotatable bonds is 3. The number of allylic oxidation sites excluding steroid dienone is 1. The minimum atomic E-state index is 0.655. The number of hydrogen-bond donors (Lipinski definition) is 2. The van der Waals surface area contributed by atoms with Crippen molar-refractivity contribution in [2.24, 2.45) is 0 Å². The molecule has 0 unspecified atom stereocenters. The van der Waals surface area contributed by atoms with Crippen molar-refractivity contribution in [1.82, 2.24) is 5.48 Å². The molecule has 2 N–H and O–H groups in total. The Labute approximate surface area is 42.5 Å². The molecule has 0 aliphatic heterocycles. The molecule has 0 heterocycles. The molecule has 0 saturated carbocycles. The van der Waals surface area contributed by atoms with E-state index in [1.807, 2.05) is 6.92 Å². The van der Waals surface area contributed by atoms with Crippen molar-refractivity contribution in [2.45, 2.75) is 13.3 Å². The van der Waals surface area contributed by atoms with Crippen molar-refractivity contribution >= 4 is 0 Å². The van der Waals surface area contributed by atoms with Gasteiger partial charge in [-0.1, -0.05) is 13.5 Å². The van der Waals surface area contributed by atoms with Crippen molar-refractivity contribution in [1.29, 1.82) is 0 Å². The average molecular weight is 103 g/mol. The fourth-order valence-electron chi connectivity index (χ4n) is 0.137. The molecule has 0 aliphatic carbocycles. The standard InChI is InChI=1S/C4H9NO2/c1-3-4(2)5-7-6/h5-6H,2-3H2,1H3. The zero-order valence-electron chi connectivity index (χ0n) is 4.27. The molecule has 3 heteroatoms. The van der Waals surface area contributed by atoms with Gasteiger partial charge in [0.05, 0.1) is 0 Å². The van der Waals surface area contributed by atoms with Gasteiger partial charge in [0.15, 0.2) is 0 Å². The van der Waals surface area contributed by atoms with Crippen LogP contribution in [0.15, 0.2) is 12.3 Å². The van der Waals surface area contributed by atoms with Gasteiger partial charge in [-0.05, 0) is 6.42 Å². The summed E-state index contributed by atoms with van der Waals surface area (Å²) in [6, 6.07) is 0. The Morgan fingerprint density at radius 3 is 2.71 bits per heavy atom. The molecule has 0 rings (SSSR count). The van der Waals surface area contributed by atoms with Crippen LogP contribution in [0.4, 0.5) is 0 Å². The van der Waals surface area contributed by atoms with E-state index in [0.717, 1.165) is 6.42 Å². The number of nitrogens with one attached hydrogen (secondary N) is 1. The quantitative estimate of drug-likeness (QED) is 0.412. The van der Waals surface area contributed by atoms with Gasteiger partial charge in [-0.3, -0.25) is 0 Å². The third kappa shape index (κ3) is 3.29. The molecule has 0 fully saturated rings. The molecule has 0 spiro atoms. The summed E-state index contributed by atoms with van der Waals surface area (Å²) in [6.07, 6.45) is 0.751. The largest absolute Gasteiger partial charge is 0.240 e. The molecule has 0 saturated heterocycles. The van der Waals surface area contributed by atoms with E-state index in [1.165, 1.54) is 0 Å². The van der Waals surface area contributed by atoms with Crippen molar-refractivity contribution in [2.75, 3.05) is 0 Å². The Morgan fingerprint density at radius 1 is 2.00 bits per heavy atom. The summed E-state index contributed by atoms with van der Waals surface area (Å²) in [6.45, 7) is 5.36. The molecule has 42 valence electrons. The third-order valence-corrected chi connectivity index (χ3v) is 0.617. The van der Waals surface area contributed by atoms with Crippen molar-refractivity contribution in [3.8, 4) is 0 Å². The monoisotopic (exact) mass is 103 g/mol. The SMILES string of the molecule is C=C(CC)NOO. The maximum absolute atomic E-state index is 7.70. The molecule has 0 radical (unpaired) electrons.